The molecule has 0 bridgehead atoms. The van der Waals surface area contributed by atoms with Crippen LogP contribution < -0.4 is 20.7 Å². The number of nitrogens with zero attached hydrogens (tertiary/aromatic N) is 3. The monoisotopic (exact) mass is 618 g/mol. The first kappa shape index (κ1) is 32.6. The van der Waals surface area contributed by atoms with Gasteiger partial charge in [-0.2, -0.15) is 13.2 Å². The number of nitrogens with one attached hydrogen (secondary N) is 3. The largest absolute Gasteiger partial charge is 0.494 e. The molecule has 1 aliphatic rings. The van der Waals surface area contributed by atoms with Crippen molar-refractivity contribution < 1.29 is 37.0 Å². The fourth-order valence-corrected chi connectivity index (χ4v) is 5.22. The number of fused-ring (bicyclic) bond motifs is 1. The molecule has 2 atom stereocenters. The van der Waals surface area contributed by atoms with E-state index in [9.17, 15) is 32.3 Å². The molecule has 236 valence electrons. The molecule has 1 aliphatic heterocycles. The van der Waals surface area contributed by atoms with Gasteiger partial charge in [-0.3, -0.25) is 9.59 Å². The topological polar surface area (TPSA) is 121 Å². The Morgan fingerprint density at radius 3 is 2.61 bits per heavy atom. The van der Waals surface area contributed by atoms with Crippen molar-refractivity contribution in [2.75, 3.05) is 52.3 Å². The smallest absolute Gasteiger partial charge is 0.406 e. The Balaban J connectivity index is 1.61. The van der Waals surface area contributed by atoms with Crippen molar-refractivity contribution >= 4 is 28.5 Å². The molecule has 14 heteroatoms. The number of aliphatic hydroxyl groups excluding tert-OH is 1. The Morgan fingerprint density at radius 1 is 1.18 bits per heavy atom. The summed E-state index contributed by atoms with van der Waals surface area (Å²) in [5.74, 6) is 4.09. The van der Waals surface area contributed by atoms with Gasteiger partial charge in [0.05, 0.1) is 48.9 Å². The van der Waals surface area contributed by atoms with E-state index in [1.54, 1.807) is 0 Å². The molecule has 4 N–H and O–H groups in total. The fraction of sp³-hybridized carbons (Fsp3) is 0.433. The Kier molecular flexibility index (Phi) is 10.3. The molecule has 0 radical (unpaired) electrons. The van der Waals surface area contributed by atoms with Gasteiger partial charge in [0.15, 0.2) is 0 Å². The van der Waals surface area contributed by atoms with Gasteiger partial charge >= 0.3 is 6.18 Å². The van der Waals surface area contributed by atoms with Crippen LogP contribution in [0.15, 0.2) is 30.6 Å². The first-order valence-corrected chi connectivity index (χ1v) is 14.0. The molecule has 44 heavy (non-hydrogen) atoms. The van der Waals surface area contributed by atoms with Crippen LogP contribution in [0.4, 0.5) is 23.2 Å². The lowest BCUT2D eigenvalue weighted by Crippen LogP contribution is -2.50. The number of methoxy groups -OCH3 is 1. The predicted molar refractivity (Wildman–Crippen MR) is 156 cm³/mol. The number of aromatic nitrogens is 2. The number of alkyl halides is 3. The number of carbonyl (C=O) groups is 2. The Bertz CT molecular complexity index is 1580. The van der Waals surface area contributed by atoms with Crippen molar-refractivity contribution in [2.45, 2.75) is 32.1 Å². The third-order valence-electron chi connectivity index (χ3n) is 7.40. The van der Waals surface area contributed by atoms with Gasteiger partial charge in [-0.15, -0.1) is 0 Å². The number of hydrogen-bond donors (Lipinski definition) is 4. The maximum atomic E-state index is 14.3. The number of imidazole rings is 1. The maximum absolute atomic E-state index is 14.3. The van der Waals surface area contributed by atoms with E-state index < -0.39 is 30.4 Å². The first-order valence-electron chi connectivity index (χ1n) is 14.0. The third-order valence-corrected chi connectivity index (χ3v) is 7.40. The number of hydrogen-bond acceptors (Lipinski definition) is 7. The molecule has 0 saturated carbocycles. The molecular formula is C30H34F4N6O4. The highest BCUT2D eigenvalue weighted by Gasteiger charge is 2.31. The Labute approximate surface area is 251 Å². The number of ether oxygens (including phenoxy) is 1. The van der Waals surface area contributed by atoms with Crippen LogP contribution in [0.2, 0.25) is 0 Å². The highest BCUT2D eigenvalue weighted by Crippen LogP contribution is 2.28. The van der Waals surface area contributed by atoms with E-state index in [2.05, 4.69) is 37.7 Å². The van der Waals surface area contributed by atoms with Crippen LogP contribution in [0.3, 0.4) is 0 Å². The van der Waals surface area contributed by atoms with Gasteiger partial charge in [0.1, 0.15) is 23.6 Å². The van der Waals surface area contributed by atoms with Crippen molar-refractivity contribution in [2.24, 2.45) is 5.92 Å². The number of rotatable bonds is 9. The molecule has 4 rings (SSSR count). The summed E-state index contributed by atoms with van der Waals surface area (Å²) in [6.45, 7) is 2.66. The van der Waals surface area contributed by atoms with Gasteiger partial charge in [0, 0.05) is 44.4 Å². The number of halogens is 4. The van der Waals surface area contributed by atoms with Gasteiger partial charge in [0.25, 0.3) is 11.8 Å². The fourth-order valence-electron chi connectivity index (χ4n) is 5.22. The van der Waals surface area contributed by atoms with Gasteiger partial charge in [-0.25, -0.2) is 9.37 Å². The van der Waals surface area contributed by atoms with E-state index in [0.717, 1.165) is 17.0 Å². The molecule has 2 aromatic carbocycles. The van der Waals surface area contributed by atoms with Gasteiger partial charge in [-0.1, -0.05) is 18.8 Å². The van der Waals surface area contributed by atoms with E-state index in [1.807, 2.05) is 6.92 Å². The normalized spacial score (nSPS) is 17.1. The predicted octanol–water partition coefficient (Wildman–Crippen LogP) is 3.00. The Hall–Kier alpha value is -4.35. The summed E-state index contributed by atoms with van der Waals surface area (Å²) in [6.07, 6.45) is -2.81. The summed E-state index contributed by atoms with van der Waals surface area (Å²) in [4.78, 5) is 31.7. The van der Waals surface area contributed by atoms with Gasteiger partial charge in [0.2, 0.25) is 0 Å². The van der Waals surface area contributed by atoms with E-state index in [-0.39, 0.29) is 58.6 Å². The number of anilines is 1. The molecule has 10 nitrogen and oxygen atoms in total. The van der Waals surface area contributed by atoms with Crippen molar-refractivity contribution in [3.05, 3.63) is 53.1 Å². The second-order valence-electron chi connectivity index (χ2n) is 10.5. The zero-order chi connectivity index (χ0) is 32.0. The number of aliphatic hydroxyl groups is 1. The van der Waals surface area contributed by atoms with Crippen LogP contribution in [0.5, 0.6) is 5.75 Å². The highest BCUT2D eigenvalue weighted by molar-refractivity contribution is 6.05. The average Bonchev–Trinajstić information content (AvgIpc) is 3.37. The number of β-amino-alcohol motifs (C(OH)–C–C–N with tert-alkyl or cyclic N) is 1. The molecule has 2 heterocycles. The molecule has 3 aromatic rings. The zero-order valence-electron chi connectivity index (χ0n) is 24.5. The lowest BCUT2D eigenvalue weighted by atomic mass is 9.93. The molecule has 0 aliphatic carbocycles. The quantitative estimate of drug-likeness (QED) is 0.215. The van der Waals surface area contributed by atoms with Gasteiger partial charge in [-0.05, 0) is 30.5 Å². The number of likely N-dealkylation sites (tertiary alicyclic amines) is 1. The zero-order valence-corrected chi connectivity index (χ0v) is 24.5. The number of piperidine rings is 1. The molecular weight excluding hydrogens is 584 g/mol. The minimum Gasteiger partial charge on any atom is -0.494 e. The highest BCUT2D eigenvalue weighted by atomic mass is 19.4. The van der Waals surface area contributed by atoms with Crippen LogP contribution in [0.25, 0.3) is 11.0 Å². The van der Waals surface area contributed by atoms with Gasteiger partial charge < -0.3 is 35.3 Å². The van der Waals surface area contributed by atoms with Crippen molar-refractivity contribution in [3.8, 4) is 17.6 Å². The summed E-state index contributed by atoms with van der Waals surface area (Å²) < 4.78 is 60.3. The van der Waals surface area contributed by atoms with E-state index in [1.165, 1.54) is 32.4 Å². The molecule has 1 fully saturated rings. The molecule has 0 spiro atoms. The average molecular weight is 619 g/mol. The second kappa shape index (κ2) is 14.0. The lowest BCUT2D eigenvalue weighted by Gasteiger charge is -2.37. The third kappa shape index (κ3) is 7.78. The number of amides is 2. The van der Waals surface area contributed by atoms with E-state index in [4.69, 9.17) is 4.74 Å². The molecule has 2 amide bonds. The second-order valence-corrected chi connectivity index (χ2v) is 10.5. The lowest BCUT2D eigenvalue weighted by molar-refractivity contribution is -0.140. The summed E-state index contributed by atoms with van der Waals surface area (Å²) in [7, 11) is 2.72. The Morgan fingerprint density at radius 2 is 1.95 bits per heavy atom. The van der Waals surface area contributed by atoms with Crippen LogP contribution in [0, 0.1) is 23.6 Å². The van der Waals surface area contributed by atoms with Crippen molar-refractivity contribution in [3.63, 3.8) is 0 Å². The van der Waals surface area contributed by atoms with Crippen molar-refractivity contribution in [1.29, 1.82) is 0 Å². The van der Waals surface area contributed by atoms with E-state index >= 15 is 0 Å². The molecule has 1 aromatic heterocycles. The van der Waals surface area contributed by atoms with Crippen LogP contribution in [-0.2, 0) is 6.54 Å². The molecule has 0 unspecified atom stereocenters. The van der Waals surface area contributed by atoms with Crippen LogP contribution >= 0.6 is 0 Å². The maximum Gasteiger partial charge on any atom is 0.406 e. The molecule has 1 saturated heterocycles. The number of benzene rings is 2. The summed E-state index contributed by atoms with van der Waals surface area (Å²) in [5.41, 5.74) is 0.723. The summed E-state index contributed by atoms with van der Waals surface area (Å²) in [5, 5.41) is 17.6. The summed E-state index contributed by atoms with van der Waals surface area (Å²) >= 11 is 0. The van der Waals surface area contributed by atoms with Crippen molar-refractivity contribution in [1.82, 2.24) is 25.1 Å². The minimum absolute atomic E-state index is 0.000481. The van der Waals surface area contributed by atoms with Crippen LogP contribution in [-0.4, -0.2) is 90.5 Å². The number of carbonyl (C=O) groups excluding carboxylic acids is 2. The summed E-state index contributed by atoms with van der Waals surface area (Å²) in [6, 6.07) is 5.11. The van der Waals surface area contributed by atoms with Crippen LogP contribution in [0.1, 0.15) is 39.6 Å². The first-order chi connectivity index (χ1) is 20.9. The minimum atomic E-state index is -4.51. The van der Waals surface area contributed by atoms with E-state index in [0.29, 0.717) is 31.7 Å². The standard InChI is InChI=1S/C30H34F4N6O4/c1-18-15-39(9-10-41)8-6-23(18)38-29(43)21-11-19(12-25-27(21)37-17-40(25)16-30(32,33)34)5-4-7-36-24-13-20(28(42)35-2)22(31)14-26(24)44-3/h11-14,17-18,23,36,41H,6-10,15-16H2,1-3H3,(H,35,42)(H,38,43)/t18-,23-/m0/s1. The SMILES string of the molecule is CNC(=O)c1cc(NCC#Cc2cc(C(=O)N[C@H]3CCN(CCO)C[C@@H]3C)c3ncn(CC(F)(F)F)c3c2)c(OC)cc1F.